The Morgan fingerprint density at radius 3 is 2.59 bits per heavy atom. The van der Waals surface area contributed by atoms with E-state index < -0.39 is 16.6 Å². The first-order chi connectivity index (χ1) is 23.4. The number of carbonyl (C=O) groups is 2. The molecule has 0 atom stereocenters. The summed E-state index contributed by atoms with van der Waals surface area (Å²) >= 11 is 5.38. The van der Waals surface area contributed by atoms with Crippen LogP contribution in [0.25, 0.3) is 11.3 Å². The van der Waals surface area contributed by atoms with Crippen molar-refractivity contribution in [3.05, 3.63) is 92.8 Å². The van der Waals surface area contributed by atoms with Crippen molar-refractivity contribution in [3.8, 4) is 17.0 Å². The molecule has 12 nitrogen and oxygen atoms in total. The number of nitro groups is 1. The van der Waals surface area contributed by atoms with Crippen molar-refractivity contribution in [1.82, 2.24) is 10.3 Å². The molecule has 0 saturated carbocycles. The van der Waals surface area contributed by atoms with E-state index in [0.717, 1.165) is 34.7 Å². The van der Waals surface area contributed by atoms with E-state index in [1.165, 1.54) is 28.7 Å². The van der Waals surface area contributed by atoms with Gasteiger partial charge < -0.3 is 30.2 Å². The van der Waals surface area contributed by atoms with Crippen LogP contribution in [0.3, 0.4) is 0 Å². The Morgan fingerprint density at radius 2 is 1.86 bits per heavy atom. The van der Waals surface area contributed by atoms with E-state index in [1.807, 2.05) is 52.0 Å². The van der Waals surface area contributed by atoms with Gasteiger partial charge in [0.2, 0.25) is 5.91 Å². The summed E-state index contributed by atoms with van der Waals surface area (Å²) in [6, 6.07) is 20.1. The van der Waals surface area contributed by atoms with Crippen LogP contribution in [0.5, 0.6) is 5.75 Å². The van der Waals surface area contributed by atoms with Crippen LogP contribution in [0.2, 0.25) is 0 Å². The summed E-state index contributed by atoms with van der Waals surface area (Å²) in [5.74, 6) is 0.528. The number of hydrogen-bond donors (Lipinski definition) is 4. The van der Waals surface area contributed by atoms with Gasteiger partial charge in [0.05, 0.1) is 35.1 Å². The van der Waals surface area contributed by atoms with E-state index in [0.29, 0.717) is 42.1 Å². The summed E-state index contributed by atoms with van der Waals surface area (Å²) in [7, 11) is 0. The largest absolute Gasteiger partial charge is 0.491 e. The maximum atomic E-state index is 12.7. The highest BCUT2D eigenvalue weighted by Crippen LogP contribution is 2.34. The number of nitro benzene ring substituents is 1. The zero-order valence-electron chi connectivity index (χ0n) is 27.9. The molecule has 2 heterocycles. The maximum absolute atomic E-state index is 12.7. The van der Waals surface area contributed by atoms with Gasteiger partial charge >= 0.3 is 6.09 Å². The van der Waals surface area contributed by atoms with Gasteiger partial charge in [-0.25, -0.2) is 9.78 Å². The smallest absolute Gasteiger partial charge is 0.407 e. The standard InChI is InChI=1S/C29H36N4O5S.C6H5NO2S/c1-19-26(22-8-9-24-21(18-22)10-11-30-24)33-27(39-19)32-25(34)17-20-6-5-7-23(16-20)37-15-14-36-13-12-31-28(35)38-29(2,3)4;8-7(9)5-3-1-2-4-6(5)10/h5-9,16,18,30H,10-15,17H2,1-4H3,(H,31,35)(H,32,33,34);1-4,10H. The van der Waals surface area contributed by atoms with Gasteiger partial charge in [0, 0.05) is 35.3 Å². The molecule has 1 aliphatic heterocycles. The number of carbonyl (C=O) groups excluding carboxylic acids is 2. The fraction of sp³-hybridized carbons (Fsp3) is 0.343. The molecule has 260 valence electrons. The van der Waals surface area contributed by atoms with Crippen LogP contribution in [-0.2, 0) is 27.1 Å². The third kappa shape index (κ3) is 12.1. The molecule has 0 bridgehead atoms. The number of rotatable bonds is 12. The van der Waals surface area contributed by atoms with Crippen molar-refractivity contribution in [2.45, 2.75) is 51.0 Å². The SMILES string of the molecule is Cc1sc(NC(=O)Cc2cccc(OCCOCCNC(=O)OC(C)(C)C)c2)nc1-c1ccc2c(c1)CCN2.O=[N+]([O-])c1ccccc1S. The number of benzene rings is 3. The number of alkyl carbamates (subject to hydrolysis) is 1. The number of thiazole rings is 1. The molecule has 49 heavy (non-hydrogen) atoms. The van der Waals surface area contributed by atoms with E-state index >= 15 is 0 Å². The highest BCUT2D eigenvalue weighted by Gasteiger charge is 2.17. The lowest BCUT2D eigenvalue weighted by atomic mass is 10.1. The molecule has 14 heteroatoms. The number of thiol groups is 1. The Hall–Kier alpha value is -4.66. The average Bonchev–Trinajstić information content (AvgIpc) is 3.65. The molecule has 4 aromatic rings. The summed E-state index contributed by atoms with van der Waals surface area (Å²) in [4.78, 5) is 40.2. The number of aryl methyl sites for hydroxylation is 1. The third-order valence-electron chi connectivity index (χ3n) is 6.88. The van der Waals surface area contributed by atoms with Crippen LogP contribution in [0.15, 0.2) is 71.6 Å². The molecule has 3 aromatic carbocycles. The zero-order chi connectivity index (χ0) is 35.4. The fourth-order valence-electron chi connectivity index (χ4n) is 4.74. The van der Waals surface area contributed by atoms with Crippen molar-refractivity contribution in [3.63, 3.8) is 0 Å². The predicted octanol–water partition coefficient (Wildman–Crippen LogP) is 7.07. The van der Waals surface area contributed by atoms with Gasteiger partial charge in [-0.05, 0) is 75.6 Å². The van der Waals surface area contributed by atoms with E-state index in [1.54, 1.807) is 18.2 Å². The molecule has 0 saturated heterocycles. The maximum Gasteiger partial charge on any atom is 0.407 e. The van der Waals surface area contributed by atoms with E-state index in [-0.39, 0.29) is 18.0 Å². The summed E-state index contributed by atoms with van der Waals surface area (Å²) in [6.45, 7) is 9.85. The predicted molar refractivity (Wildman–Crippen MR) is 194 cm³/mol. The Morgan fingerprint density at radius 1 is 1.06 bits per heavy atom. The Labute approximate surface area is 295 Å². The van der Waals surface area contributed by atoms with Gasteiger partial charge in [-0.2, -0.15) is 0 Å². The minimum absolute atomic E-state index is 0.0471. The van der Waals surface area contributed by atoms with Crippen LogP contribution in [-0.4, -0.2) is 60.4 Å². The number of nitrogens with zero attached hydrogens (tertiary/aromatic N) is 2. The van der Waals surface area contributed by atoms with Gasteiger partial charge in [-0.3, -0.25) is 14.9 Å². The molecule has 5 rings (SSSR count). The van der Waals surface area contributed by atoms with Gasteiger partial charge in [0.15, 0.2) is 5.13 Å². The highest BCUT2D eigenvalue weighted by molar-refractivity contribution is 7.80. The Kier molecular flexibility index (Phi) is 13.4. The number of ether oxygens (including phenoxy) is 3. The molecule has 1 aromatic heterocycles. The van der Waals surface area contributed by atoms with Gasteiger partial charge in [0.25, 0.3) is 5.69 Å². The number of hydrogen-bond acceptors (Lipinski definition) is 11. The minimum Gasteiger partial charge on any atom is -0.491 e. The molecule has 0 radical (unpaired) electrons. The molecular weight excluding hydrogens is 667 g/mol. The van der Waals surface area contributed by atoms with Crippen molar-refractivity contribution in [2.24, 2.45) is 0 Å². The number of amides is 2. The zero-order valence-corrected chi connectivity index (χ0v) is 29.6. The van der Waals surface area contributed by atoms with Crippen molar-refractivity contribution in [1.29, 1.82) is 0 Å². The van der Waals surface area contributed by atoms with Crippen LogP contribution >= 0.6 is 24.0 Å². The van der Waals surface area contributed by atoms with E-state index in [2.05, 4.69) is 46.8 Å². The average molecular weight is 708 g/mol. The van der Waals surface area contributed by atoms with Crippen LogP contribution in [0.1, 0.15) is 36.8 Å². The first kappa shape index (κ1) is 37.2. The number of anilines is 2. The normalized spacial score (nSPS) is 11.8. The van der Waals surface area contributed by atoms with Crippen molar-refractivity contribution >= 4 is 52.5 Å². The lowest BCUT2D eigenvalue weighted by molar-refractivity contribution is -0.387. The molecule has 2 amide bonds. The monoisotopic (exact) mass is 707 g/mol. The van der Waals surface area contributed by atoms with E-state index in [4.69, 9.17) is 19.2 Å². The molecule has 0 unspecified atom stereocenters. The van der Waals surface area contributed by atoms with Gasteiger partial charge in [-0.1, -0.05) is 30.3 Å². The highest BCUT2D eigenvalue weighted by atomic mass is 32.1. The third-order valence-corrected chi connectivity index (χ3v) is 8.15. The number of para-hydroxylation sites is 1. The minimum atomic E-state index is -0.530. The summed E-state index contributed by atoms with van der Waals surface area (Å²) in [5, 5.41) is 19.7. The second-order valence-electron chi connectivity index (χ2n) is 12.0. The second kappa shape index (κ2) is 17.7. The lowest BCUT2D eigenvalue weighted by Gasteiger charge is -2.19. The molecule has 1 aliphatic rings. The topological polar surface area (TPSA) is 154 Å². The molecule has 0 aliphatic carbocycles. The molecular formula is C35H41N5O7S2. The first-order valence-electron chi connectivity index (χ1n) is 15.7. The van der Waals surface area contributed by atoms with Crippen LogP contribution in [0, 0.1) is 17.0 Å². The number of nitrogens with one attached hydrogen (secondary N) is 3. The number of aromatic nitrogens is 1. The van der Waals surface area contributed by atoms with Crippen LogP contribution < -0.4 is 20.7 Å². The number of fused-ring (bicyclic) bond motifs is 1. The summed E-state index contributed by atoms with van der Waals surface area (Å²) in [5.41, 5.74) is 4.82. The molecule has 3 N–H and O–H groups in total. The van der Waals surface area contributed by atoms with Crippen molar-refractivity contribution in [2.75, 3.05) is 43.5 Å². The van der Waals surface area contributed by atoms with Gasteiger partial charge in [-0.15, -0.1) is 24.0 Å². The van der Waals surface area contributed by atoms with Gasteiger partial charge in [0.1, 0.15) is 18.0 Å². The second-order valence-corrected chi connectivity index (χ2v) is 13.7. The first-order valence-corrected chi connectivity index (χ1v) is 17.0. The fourth-order valence-corrected chi connectivity index (χ4v) is 5.84. The molecule has 0 fully saturated rings. The Balaban J connectivity index is 0.000000463. The van der Waals surface area contributed by atoms with Crippen LogP contribution in [0.4, 0.5) is 21.3 Å². The lowest BCUT2D eigenvalue weighted by Crippen LogP contribution is -2.34. The van der Waals surface area contributed by atoms with E-state index in [9.17, 15) is 19.7 Å². The quantitative estimate of drug-likeness (QED) is 0.0524. The molecule has 0 spiro atoms. The van der Waals surface area contributed by atoms with Crippen molar-refractivity contribution < 1.29 is 28.7 Å². The summed E-state index contributed by atoms with van der Waals surface area (Å²) < 4.78 is 16.4. The summed E-state index contributed by atoms with van der Waals surface area (Å²) in [6.07, 6.45) is 0.757. The Bertz CT molecular complexity index is 1760.